The quantitative estimate of drug-likeness (QED) is 0.357. The van der Waals surface area contributed by atoms with Gasteiger partial charge < -0.3 is 9.73 Å². The molecular weight excluding hydrogens is 519 g/mol. The Kier molecular flexibility index (Phi) is 6.08. The number of carbonyl (C=O) groups is 1. The van der Waals surface area contributed by atoms with E-state index in [9.17, 15) is 4.79 Å². The Bertz CT molecular complexity index is 1190. The molecule has 0 radical (unpaired) electrons. The lowest BCUT2D eigenvalue weighted by Gasteiger charge is -2.00. The van der Waals surface area contributed by atoms with Crippen LogP contribution in [0.25, 0.3) is 17.4 Å². The van der Waals surface area contributed by atoms with E-state index in [1.54, 1.807) is 36.4 Å². The average molecular weight is 529 g/mol. The summed E-state index contributed by atoms with van der Waals surface area (Å²) in [4.78, 5) is 17.1. The molecule has 0 aliphatic carbocycles. The fourth-order valence-electron chi connectivity index (χ4n) is 2.53. The monoisotopic (exact) mass is 526 g/mol. The first-order valence-electron chi connectivity index (χ1n) is 8.19. The second-order valence-electron chi connectivity index (χ2n) is 5.89. The average Bonchev–Trinajstić information content (AvgIpc) is 3.28. The van der Waals surface area contributed by atoms with E-state index in [0.717, 1.165) is 10.0 Å². The maximum atomic E-state index is 12.3. The number of furan rings is 1. The molecule has 1 fully saturated rings. The van der Waals surface area contributed by atoms with Crippen LogP contribution in [0, 0.1) is 0 Å². The van der Waals surface area contributed by atoms with Gasteiger partial charge in [-0.05, 0) is 64.1 Å². The van der Waals surface area contributed by atoms with Gasteiger partial charge in [-0.1, -0.05) is 46.9 Å². The van der Waals surface area contributed by atoms with E-state index in [1.807, 2.05) is 18.2 Å². The van der Waals surface area contributed by atoms with Gasteiger partial charge in [-0.15, -0.1) is 0 Å². The number of nitrogens with one attached hydrogen (secondary N) is 1. The van der Waals surface area contributed by atoms with Crippen molar-refractivity contribution in [2.75, 3.05) is 0 Å². The molecule has 1 amide bonds. The third kappa shape index (κ3) is 4.57. The molecule has 0 unspecified atom stereocenters. The van der Waals surface area contributed by atoms with Crippen LogP contribution < -0.4 is 5.32 Å². The van der Waals surface area contributed by atoms with Crippen molar-refractivity contribution in [2.24, 2.45) is 4.99 Å². The van der Waals surface area contributed by atoms with Crippen molar-refractivity contribution >= 4 is 85.3 Å². The molecule has 0 bridgehead atoms. The summed E-state index contributed by atoms with van der Waals surface area (Å²) in [6, 6.07) is 14.3. The standard InChI is InChI=1S/C20H10BrCl3N2O2S/c21-12-6-4-10(8-14(12)23)16-7-5-11(28-16)9-17-19(27)26-20(29-17)25-15-3-1-2-13(22)18(15)24/h1-9H,(H,25,26,27)/b17-9+. The maximum Gasteiger partial charge on any atom is 0.264 e. The summed E-state index contributed by atoms with van der Waals surface area (Å²) in [7, 11) is 0. The first-order valence-corrected chi connectivity index (χ1v) is 10.9. The van der Waals surface area contributed by atoms with E-state index < -0.39 is 0 Å². The summed E-state index contributed by atoms with van der Waals surface area (Å²) in [5, 5.41) is 4.44. The van der Waals surface area contributed by atoms with E-state index in [2.05, 4.69) is 26.2 Å². The van der Waals surface area contributed by atoms with E-state index in [4.69, 9.17) is 39.2 Å². The Hall–Kier alpha value is -1.70. The number of thioether (sulfide) groups is 1. The zero-order valence-corrected chi connectivity index (χ0v) is 19.1. The van der Waals surface area contributed by atoms with Gasteiger partial charge in [0.1, 0.15) is 11.5 Å². The van der Waals surface area contributed by atoms with Crippen LogP contribution in [-0.2, 0) is 4.79 Å². The summed E-state index contributed by atoms with van der Waals surface area (Å²) in [6.07, 6.45) is 1.66. The lowest BCUT2D eigenvalue weighted by atomic mass is 10.2. The first-order chi connectivity index (χ1) is 13.9. The minimum absolute atomic E-state index is 0.267. The van der Waals surface area contributed by atoms with Crippen LogP contribution in [0.1, 0.15) is 5.76 Å². The van der Waals surface area contributed by atoms with Gasteiger partial charge in [0.05, 0.1) is 25.7 Å². The van der Waals surface area contributed by atoms with Crippen molar-refractivity contribution in [3.63, 3.8) is 0 Å². The predicted molar refractivity (Wildman–Crippen MR) is 124 cm³/mol. The van der Waals surface area contributed by atoms with Crippen molar-refractivity contribution in [3.05, 3.63) is 78.7 Å². The molecule has 1 aromatic heterocycles. The topological polar surface area (TPSA) is 54.6 Å². The number of rotatable bonds is 3. The largest absolute Gasteiger partial charge is 0.457 e. The molecule has 0 spiro atoms. The van der Waals surface area contributed by atoms with Crippen molar-refractivity contribution in [1.82, 2.24) is 5.32 Å². The Morgan fingerprint density at radius 3 is 2.69 bits per heavy atom. The number of hydrogen-bond donors (Lipinski definition) is 1. The van der Waals surface area contributed by atoms with E-state index in [0.29, 0.717) is 42.3 Å². The van der Waals surface area contributed by atoms with Crippen LogP contribution in [-0.4, -0.2) is 11.1 Å². The molecule has 2 heterocycles. The molecule has 1 aliphatic heterocycles. The number of hydrogen-bond acceptors (Lipinski definition) is 4. The zero-order chi connectivity index (χ0) is 20.5. The van der Waals surface area contributed by atoms with Crippen molar-refractivity contribution in [3.8, 4) is 11.3 Å². The molecule has 1 N–H and O–H groups in total. The molecule has 2 aromatic carbocycles. The molecule has 9 heteroatoms. The molecule has 3 aromatic rings. The molecule has 146 valence electrons. The normalized spacial score (nSPS) is 16.6. The minimum Gasteiger partial charge on any atom is -0.457 e. The van der Waals surface area contributed by atoms with Crippen molar-refractivity contribution in [2.45, 2.75) is 0 Å². The second-order valence-corrected chi connectivity index (χ2v) is 8.96. The highest BCUT2D eigenvalue weighted by Gasteiger charge is 2.24. The summed E-state index contributed by atoms with van der Waals surface area (Å²) in [5.41, 5.74) is 1.32. The summed E-state index contributed by atoms with van der Waals surface area (Å²) in [5.74, 6) is 0.921. The Morgan fingerprint density at radius 1 is 1.07 bits per heavy atom. The number of nitrogens with zero attached hydrogens (tertiary/aromatic N) is 1. The van der Waals surface area contributed by atoms with E-state index in [1.165, 1.54) is 11.8 Å². The number of amidine groups is 1. The van der Waals surface area contributed by atoms with Crippen LogP contribution in [0.4, 0.5) is 5.69 Å². The third-order valence-electron chi connectivity index (χ3n) is 3.91. The molecular formula is C20H10BrCl3N2O2S. The highest BCUT2D eigenvalue weighted by atomic mass is 79.9. The SMILES string of the molecule is O=C1NC(=Nc2cccc(Cl)c2Cl)S/C1=C/c1ccc(-c2ccc(Br)c(Cl)c2)o1. The molecule has 0 saturated carbocycles. The van der Waals surface area contributed by atoms with Gasteiger partial charge in [0.15, 0.2) is 5.17 Å². The highest BCUT2D eigenvalue weighted by molar-refractivity contribution is 9.10. The number of amides is 1. The summed E-state index contributed by atoms with van der Waals surface area (Å²) in [6.45, 7) is 0. The Labute approximate surface area is 194 Å². The molecule has 4 rings (SSSR count). The van der Waals surface area contributed by atoms with Gasteiger partial charge in [0, 0.05) is 16.1 Å². The Morgan fingerprint density at radius 2 is 1.90 bits per heavy atom. The molecule has 1 aliphatic rings. The fraction of sp³-hybridized carbons (Fsp3) is 0. The predicted octanol–water partition coefficient (Wildman–Crippen LogP) is 7.56. The third-order valence-corrected chi connectivity index (χ3v) is 6.86. The zero-order valence-electron chi connectivity index (χ0n) is 14.4. The van der Waals surface area contributed by atoms with Crippen LogP contribution in [0.15, 0.2) is 67.3 Å². The molecule has 0 atom stereocenters. The van der Waals surface area contributed by atoms with E-state index in [-0.39, 0.29) is 5.91 Å². The van der Waals surface area contributed by atoms with Crippen molar-refractivity contribution < 1.29 is 9.21 Å². The van der Waals surface area contributed by atoms with Gasteiger partial charge in [-0.25, -0.2) is 4.99 Å². The highest BCUT2D eigenvalue weighted by Crippen LogP contribution is 2.35. The van der Waals surface area contributed by atoms with Gasteiger partial charge in [0.2, 0.25) is 0 Å². The van der Waals surface area contributed by atoms with Gasteiger partial charge >= 0.3 is 0 Å². The van der Waals surface area contributed by atoms with Crippen LogP contribution in [0.2, 0.25) is 15.1 Å². The lowest BCUT2D eigenvalue weighted by Crippen LogP contribution is -2.19. The van der Waals surface area contributed by atoms with Crippen LogP contribution in [0.5, 0.6) is 0 Å². The number of carbonyl (C=O) groups excluding carboxylic acids is 1. The second kappa shape index (κ2) is 8.58. The first kappa shape index (κ1) is 20.6. The maximum absolute atomic E-state index is 12.3. The van der Waals surface area contributed by atoms with Crippen LogP contribution >= 0.6 is 62.5 Å². The molecule has 1 saturated heterocycles. The van der Waals surface area contributed by atoms with Crippen molar-refractivity contribution in [1.29, 1.82) is 0 Å². The summed E-state index contributed by atoms with van der Waals surface area (Å²) < 4.78 is 6.65. The van der Waals surface area contributed by atoms with Gasteiger partial charge in [-0.3, -0.25) is 4.79 Å². The number of aliphatic imine (C=N–C) groups is 1. The van der Waals surface area contributed by atoms with Gasteiger partial charge in [0.25, 0.3) is 5.91 Å². The fourth-order valence-corrected chi connectivity index (χ4v) is 4.11. The number of halogens is 4. The van der Waals surface area contributed by atoms with Gasteiger partial charge in [-0.2, -0.15) is 0 Å². The molecule has 4 nitrogen and oxygen atoms in total. The Balaban J connectivity index is 1.57. The smallest absolute Gasteiger partial charge is 0.264 e. The lowest BCUT2D eigenvalue weighted by molar-refractivity contribution is -0.115. The number of benzene rings is 2. The summed E-state index contributed by atoms with van der Waals surface area (Å²) >= 11 is 22.9. The van der Waals surface area contributed by atoms with E-state index >= 15 is 0 Å². The minimum atomic E-state index is -0.267. The van der Waals surface area contributed by atoms with Crippen LogP contribution in [0.3, 0.4) is 0 Å². The molecule has 29 heavy (non-hydrogen) atoms.